The van der Waals surface area contributed by atoms with E-state index in [0.717, 1.165) is 0 Å². The van der Waals surface area contributed by atoms with Gasteiger partial charge in [0, 0.05) is 25.9 Å². The SMILES string of the molecule is COc1ccc(C2(Oc3c(F)c(F)c(F)c(F)c3F)CCN(C)CC2)cc1. The van der Waals surface area contributed by atoms with Gasteiger partial charge in [0.2, 0.25) is 29.1 Å². The summed E-state index contributed by atoms with van der Waals surface area (Å²) in [5.74, 6) is -10.9. The second-order valence-electron chi connectivity index (χ2n) is 6.53. The summed E-state index contributed by atoms with van der Waals surface area (Å²) in [6.45, 7) is 1.06. The average Bonchev–Trinajstić information content (AvgIpc) is 2.70. The number of hydrogen-bond acceptors (Lipinski definition) is 3. The van der Waals surface area contributed by atoms with Crippen molar-refractivity contribution in [1.29, 1.82) is 0 Å². The highest BCUT2D eigenvalue weighted by Crippen LogP contribution is 2.41. The highest BCUT2D eigenvalue weighted by atomic mass is 19.2. The molecule has 1 aliphatic rings. The first-order valence-electron chi connectivity index (χ1n) is 8.32. The van der Waals surface area contributed by atoms with Crippen LogP contribution in [0.15, 0.2) is 24.3 Å². The Bertz CT molecular complexity index is 804. The summed E-state index contributed by atoms with van der Waals surface area (Å²) in [5, 5.41) is 0. The average molecular weight is 387 g/mol. The molecule has 146 valence electrons. The molecule has 1 aliphatic heterocycles. The molecule has 27 heavy (non-hydrogen) atoms. The number of hydrogen-bond donors (Lipinski definition) is 0. The molecule has 0 saturated carbocycles. The Morgan fingerprint density at radius 3 is 1.78 bits per heavy atom. The zero-order valence-corrected chi connectivity index (χ0v) is 14.8. The van der Waals surface area contributed by atoms with Crippen molar-refractivity contribution < 1.29 is 31.4 Å². The van der Waals surface area contributed by atoms with Crippen LogP contribution in [-0.2, 0) is 5.60 Å². The summed E-state index contributed by atoms with van der Waals surface area (Å²) in [4.78, 5) is 1.99. The van der Waals surface area contributed by atoms with E-state index in [1.807, 2.05) is 11.9 Å². The third kappa shape index (κ3) is 3.45. The van der Waals surface area contributed by atoms with E-state index in [2.05, 4.69) is 0 Å². The van der Waals surface area contributed by atoms with Gasteiger partial charge in [-0.1, -0.05) is 12.1 Å². The predicted octanol–water partition coefficient (Wildman–Crippen LogP) is 4.39. The lowest BCUT2D eigenvalue weighted by Crippen LogP contribution is -2.45. The molecule has 0 spiro atoms. The maximum Gasteiger partial charge on any atom is 0.207 e. The maximum atomic E-state index is 14.2. The number of rotatable bonds is 4. The molecular formula is C19H18F5NO2. The summed E-state index contributed by atoms with van der Waals surface area (Å²) in [5.41, 5.74) is -0.655. The van der Waals surface area contributed by atoms with Crippen LogP contribution in [0.5, 0.6) is 11.5 Å². The van der Waals surface area contributed by atoms with Crippen LogP contribution in [0.4, 0.5) is 22.0 Å². The highest BCUT2D eigenvalue weighted by molar-refractivity contribution is 5.35. The first-order valence-corrected chi connectivity index (χ1v) is 8.32. The minimum atomic E-state index is -2.21. The van der Waals surface area contributed by atoms with Crippen LogP contribution in [0, 0.1) is 29.1 Å². The lowest BCUT2D eigenvalue weighted by atomic mass is 9.84. The quantitative estimate of drug-likeness (QED) is 0.441. The fourth-order valence-corrected chi connectivity index (χ4v) is 3.19. The third-order valence-corrected chi connectivity index (χ3v) is 4.88. The Labute approximate surface area is 153 Å². The zero-order valence-electron chi connectivity index (χ0n) is 14.8. The Hall–Kier alpha value is -2.35. The molecule has 1 saturated heterocycles. The van der Waals surface area contributed by atoms with Crippen LogP contribution in [0.25, 0.3) is 0 Å². The molecule has 2 aromatic rings. The molecule has 0 radical (unpaired) electrons. The molecule has 8 heteroatoms. The van der Waals surface area contributed by atoms with Crippen LogP contribution in [0.2, 0.25) is 0 Å². The van der Waals surface area contributed by atoms with Crippen LogP contribution in [-0.4, -0.2) is 32.1 Å². The van der Waals surface area contributed by atoms with Crippen molar-refractivity contribution in [3.8, 4) is 11.5 Å². The normalized spacial score (nSPS) is 17.0. The highest BCUT2D eigenvalue weighted by Gasteiger charge is 2.40. The molecule has 3 rings (SSSR count). The van der Waals surface area contributed by atoms with Gasteiger partial charge in [0.15, 0.2) is 5.75 Å². The van der Waals surface area contributed by atoms with Gasteiger partial charge in [-0.25, -0.2) is 13.2 Å². The minimum Gasteiger partial charge on any atom is -0.497 e. The second-order valence-corrected chi connectivity index (χ2v) is 6.53. The van der Waals surface area contributed by atoms with Crippen LogP contribution in [0.1, 0.15) is 18.4 Å². The Kier molecular flexibility index (Phi) is 5.28. The molecule has 1 heterocycles. The molecule has 0 atom stereocenters. The number of likely N-dealkylation sites (tertiary alicyclic amines) is 1. The molecule has 0 N–H and O–H groups in total. The molecule has 0 unspecified atom stereocenters. The van der Waals surface area contributed by atoms with Crippen molar-refractivity contribution in [2.45, 2.75) is 18.4 Å². The summed E-state index contributed by atoms with van der Waals surface area (Å²) in [6.07, 6.45) is 0.630. The molecule has 0 aliphatic carbocycles. The van der Waals surface area contributed by atoms with E-state index in [1.165, 1.54) is 7.11 Å². The number of benzene rings is 2. The van der Waals surface area contributed by atoms with Gasteiger partial charge in [-0.3, -0.25) is 0 Å². The monoisotopic (exact) mass is 387 g/mol. The van der Waals surface area contributed by atoms with Gasteiger partial charge in [-0.05, 0) is 24.7 Å². The lowest BCUT2D eigenvalue weighted by molar-refractivity contribution is -0.00384. The van der Waals surface area contributed by atoms with E-state index in [9.17, 15) is 22.0 Å². The molecule has 1 fully saturated rings. The van der Waals surface area contributed by atoms with Gasteiger partial charge < -0.3 is 14.4 Å². The standard InChI is InChI=1S/C19H18F5NO2/c1-25-9-7-19(8-10-25,11-3-5-12(26-2)6-4-11)27-18-16(23)14(21)13(20)15(22)17(18)24/h3-6H,7-10H2,1-2H3. The molecule has 0 aromatic heterocycles. The zero-order chi connectivity index (χ0) is 19.8. The Balaban J connectivity index is 2.08. The van der Waals surface area contributed by atoms with Crippen LogP contribution in [0.3, 0.4) is 0 Å². The fraction of sp³-hybridized carbons (Fsp3) is 0.368. The molecule has 3 nitrogen and oxygen atoms in total. The minimum absolute atomic E-state index is 0.315. The molecular weight excluding hydrogens is 369 g/mol. The van der Waals surface area contributed by atoms with E-state index in [-0.39, 0.29) is 0 Å². The van der Waals surface area contributed by atoms with Crippen LogP contribution >= 0.6 is 0 Å². The predicted molar refractivity (Wildman–Crippen MR) is 88.3 cm³/mol. The second kappa shape index (κ2) is 7.34. The van der Waals surface area contributed by atoms with Gasteiger partial charge in [-0.2, -0.15) is 8.78 Å². The van der Waals surface area contributed by atoms with Gasteiger partial charge in [0.05, 0.1) is 7.11 Å². The van der Waals surface area contributed by atoms with Crippen molar-refractivity contribution in [2.75, 3.05) is 27.2 Å². The van der Waals surface area contributed by atoms with Gasteiger partial charge in [0.1, 0.15) is 11.4 Å². The number of halogens is 5. The topological polar surface area (TPSA) is 21.7 Å². The molecule has 0 amide bonds. The summed E-state index contributed by atoms with van der Waals surface area (Å²) < 4.78 is 79.5. The first kappa shape index (κ1) is 19.4. The molecule has 0 bridgehead atoms. The van der Waals surface area contributed by atoms with Crippen molar-refractivity contribution in [2.24, 2.45) is 0 Å². The van der Waals surface area contributed by atoms with Crippen LogP contribution < -0.4 is 9.47 Å². The fourth-order valence-electron chi connectivity index (χ4n) is 3.19. The van der Waals surface area contributed by atoms with Crippen molar-refractivity contribution >= 4 is 0 Å². The summed E-state index contributed by atoms with van der Waals surface area (Å²) >= 11 is 0. The first-order chi connectivity index (χ1) is 12.8. The Morgan fingerprint density at radius 2 is 1.30 bits per heavy atom. The number of piperidine rings is 1. The van der Waals surface area contributed by atoms with E-state index >= 15 is 0 Å². The summed E-state index contributed by atoms with van der Waals surface area (Å²) in [6, 6.07) is 6.63. The van der Waals surface area contributed by atoms with E-state index in [1.54, 1.807) is 24.3 Å². The lowest BCUT2D eigenvalue weighted by Gasteiger charge is -2.41. The number of methoxy groups -OCH3 is 1. The van der Waals surface area contributed by atoms with Crippen molar-refractivity contribution in [3.63, 3.8) is 0 Å². The van der Waals surface area contributed by atoms with Gasteiger partial charge in [-0.15, -0.1) is 0 Å². The van der Waals surface area contributed by atoms with E-state index < -0.39 is 40.4 Å². The number of ether oxygens (including phenoxy) is 2. The van der Waals surface area contributed by atoms with E-state index in [4.69, 9.17) is 9.47 Å². The molecule has 2 aromatic carbocycles. The maximum absolute atomic E-state index is 14.2. The summed E-state index contributed by atoms with van der Waals surface area (Å²) in [7, 11) is 3.36. The Morgan fingerprint density at radius 1 is 0.815 bits per heavy atom. The number of nitrogens with zero attached hydrogens (tertiary/aromatic N) is 1. The van der Waals surface area contributed by atoms with Gasteiger partial charge in [0.25, 0.3) is 0 Å². The smallest absolute Gasteiger partial charge is 0.207 e. The van der Waals surface area contributed by atoms with Crippen molar-refractivity contribution in [1.82, 2.24) is 4.90 Å². The van der Waals surface area contributed by atoms with Gasteiger partial charge >= 0.3 is 0 Å². The van der Waals surface area contributed by atoms with Crippen molar-refractivity contribution in [3.05, 3.63) is 58.9 Å². The third-order valence-electron chi connectivity index (χ3n) is 4.88. The van der Waals surface area contributed by atoms with E-state index in [0.29, 0.717) is 37.2 Å². The largest absolute Gasteiger partial charge is 0.497 e.